The molecule has 8 atom stereocenters. The molecular weight excluding hydrogens is 784 g/mol. The third-order valence-electron chi connectivity index (χ3n) is 10.1. The number of rotatable bonds is 22. The topological polar surface area (TPSA) is 324 Å². The monoisotopic (exact) mass is 838 g/mol. The van der Waals surface area contributed by atoms with Crippen LogP contribution < -0.4 is 10.6 Å². The second-order valence-corrected chi connectivity index (χ2v) is 14.8. The van der Waals surface area contributed by atoms with Crippen molar-refractivity contribution in [3.8, 4) is 22.8 Å². The number of hydrogen-bond donors (Lipinski definition) is 14. The molecule has 5 aromatic rings. The molecule has 0 bridgehead atoms. The summed E-state index contributed by atoms with van der Waals surface area (Å²) in [5, 5.41) is 103. The van der Waals surface area contributed by atoms with Gasteiger partial charge in [-0.3, -0.25) is 9.59 Å². The number of aromatic amines is 2. The number of fused-ring (bicyclic) bond motifs is 2. The Morgan fingerprint density at radius 2 is 0.917 bits per heavy atom. The van der Waals surface area contributed by atoms with Gasteiger partial charge < -0.3 is 81.5 Å². The maximum atomic E-state index is 12.9. The molecule has 14 N–H and O–H groups in total. The van der Waals surface area contributed by atoms with Crippen LogP contribution >= 0.6 is 0 Å². The van der Waals surface area contributed by atoms with Gasteiger partial charge in [0.2, 0.25) is 0 Å². The summed E-state index contributed by atoms with van der Waals surface area (Å²) in [5.74, 6) is 0.513. The summed E-state index contributed by atoms with van der Waals surface area (Å²) in [6, 6.07) is 17.7. The van der Waals surface area contributed by atoms with E-state index in [1.54, 1.807) is 60.3 Å². The minimum Gasteiger partial charge on any atom is -0.394 e. The van der Waals surface area contributed by atoms with Crippen molar-refractivity contribution in [1.29, 1.82) is 0 Å². The van der Waals surface area contributed by atoms with Crippen molar-refractivity contribution < 1.29 is 60.7 Å². The fourth-order valence-electron chi connectivity index (χ4n) is 6.45. The average Bonchev–Trinajstić information content (AvgIpc) is 3.88. The normalized spacial score (nSPS) is 16.1. The van der Waals surface area contributed by atoms with Crippen LogP contribution in [0.3, 0.4) is 0 Å². The summed E-state index contributed by atoms with van der Waals surface area (Å²) >= 11 is 0. The Morgan fingerprint density at radius 3 is 1.27 bits per heavy atom. The molecule has 60 heavy (non-hydrogen) atoms. The van der Waals surface area contributed by atoms with Gasteiger partial charge in [-0.05, 0) is 50.5 Å². The Kier molecular flexibility index (Phi) is 16.2. The summed E-state index contributed by atoms with van der Waals surface area (Å²) in [5.41, 5.74) is 4.98. The number of amides is 2. The predicted octanol–water partition coefficient (Wildman–Crippen LogP) is -3.03. The van der Waals surface area contributed by atoms with Gasteiger partial charge in [0.25, 0.3) is 11.8 Å². The molecule has 0 aliphatic rings. The molecule has 0 spiro atoms. The molecule has 0 saturated heterocycles. The maximum absolute atomic E-state index is 12.9. The molecule has 0 radical (unpaired) electrons. The van der Waals surface area contributed by atoms with Crippen molar-refractivity contribution in [3.63, 3.8) is 0 Å². The number of aliphatic hydroxyl groups is 10. The molecule has 5 rings (SSSR count). The first-order chi connectivity index (χ1) is 28.6. The molecule has 2 amide bonds. The zero-order chi connectivity index (χ0) is 43.7. The first kappa shape index (κ1) is 46.1. The van der Waals surface area contributed by atoms with Crippen molar-refractivity contribution in [2.45, 2.75) is 48.8 Å². The number of likely N-dealkylation sites (N-methyl/N-ethyl adjacent to an activating group) is 2. The minimum atomic E-state index is -1.72. The molecule has 326 valence electrons. The number of hydrogen-bond acceptors (Lipinski definition) is 16. The number of nitrogens with one attached hydrogen (secondary N) is 4. The molecule has 0 aliphatic heterocycles. The molecule has 20 nitrogen and oxygen atoms in total. The number of imidazole rings is 2. The predicted molar refractivity (Wildman–Crippen MR) is 219 cm³/mol. The maximum Gasteiger partial charge on any atom is 0.251 e. The van der Waals surface area contributed by atoms with Gasteiger partial charge >= 0.3 is 0 Å². The van der Waals surface area contributed by atoms with Crippen molar-refractivity contribution in [1.82, 2.24) is 40.4 Å². The highest BCUT2D eigenvalue weighted by Gasteiger charge is 2.31. The third-order valence-corrected chi connectivity index (χ3v) is 10.1. The lowest BCUT2D eigenvalue weighted by molar-refractivity contribution is -0.118. The highest BCUT2D eigenvalue weighted by molar-refractivity contribution is 5.98. The zero-order valence-corrected chi connectivity index (χ0v) is 33.1. The largest absolute Gasteiger partial charge is 0.394 e. The second-order valence-electron chi connectivity index (χ2n) is 14.8. The zero-order valence-electron chi connectivity index (χ0n) is 33.1. The van der Waals surface area contributed by atoms with Gasteiger partial charge in [-0.2, -0.15) is 0 Å². The third kappa shape index (κ3) is 11.7. The van der Waals surface area contributed by atoms with Crippen LogP contribution in [0, 0.1) is 0 Å². The van der Waals surface area contributed by atoms with Gasteiger partial charge in [0.15, 0.2) is 0 Å². The molecule has 0 fully saturated rings. The second kappa shape index (κ2) is 21.0. The summed E-state index contributed by atoms with van der Waals surface area (Å²) in [6.07, 6.45) is -12.8. The van der Waals surface area contributed by atoms with E-state index in [4.69, 9.17) is 10.2 Å². The van der Waals surface area contributed by atoms with Crippen molar-refractivity contribution in [3.05, 3.63) is 71.8 Å². The Bertz CT molecular complexity index is 2020. The number of carbonyl (C=O) groups is 2. The standard InChI is InChI=1S/C40H54N8O12/c1-47(17-29(51)33(55)35(57)31(53)19-49)13-11-41-39(59)23-7-9-25-27(15-23)45-37(43-25)21-3-5-22(6-4-21)38-44-26-10-8-24(16-28(26)46-38)40(60)42-12-14-48(2)18-30(52)34(56)36(58)32(54)20-50/h3-10,15-16,29-36,49-58H,11-14,17-20H2,1-2H3,(H,41,59)(H,42,60)(H,43,45)(H,44,46). The summed E-state index contributed by atoms with van der Waals surface area (Å²) < 4.78 is 0. The van der Waals surface area contributed by atoms with Gasteiger partial charge in [-0.1, -0.05) is 24.3 Å². The van der Waals surface area contributed by atoms with E-state index in [9.17, 15) is 50.4 Å². The Labute approximate surface area is 344 Å². The number of aromatic nitrogens is 4. The number of aliphatic hydroxyl groups excluding tert-OH is 10. The van der Waals surface area contributed by atoms with Crippen LogP contribution in [0.1, 0.15) is 20.7 Å². The van der Waals surface area contributed by atoms with Gasteiger partial charge in [-0.25, -0.2) is 9.97 Å². The average molecular weight is 839 g/mol. The van der Waals surface area contributed by atoms with Gasteiger partial charge in [0.1, 0.15) is 48.3 Å². The molecule has 3 aromatic carbocycles. The lowest BCUT2D eigenvalue weighted by atomic mass is 10.0. The van der Waals surface area contributed by atoms with E-state index < -0.39 is 62.0 Å². The molecule has 8 unspecified atom stereocenters. The minimum absolute atomic E-state index is 0.0583. The van der Waals surface area contributed by atoms with E-state index in [2.05, 4.69) is 30.6 Å². The Morgan fingerprint density at radius 1 is 0.567 bits per heavy atom. The van der Waals surface area contributed by atoms with Gasteiger partial charge in [-0.15, -0.1) is 0 Å². The lowest BCUT2D eigenvalue weighted by Crippen LogP contribution is -2.49. The van der Waals surface area contributed by atoms with Gasteiger partial charge in [0, 0.05) is 61.5 Å². The quantitative estimate of drug-likeness (QED) is 0.0330. The van der Waals surface area contributed by atoms with Crippen LogP contribution in [0.2, 0.25) is 0 Å². The van der Waals surface area contributed by atoms with E-state index in [0.29, 0.717) is 57.9 Å². The molecule has 2 heterocycles. The van der Waals surface area contributed by atoms with Crippen LogP contribution in [0.4, 0.5) is 0 Å². The number of nitrogens with zero attached hydrogens (tertiary/aromatic N) is 4. The smallest absolute Gasteiger partial charge is 0.251 e. The Balaban J connectivity index is 1.12. The molecule has 20 heteroatoms. The van der Waals surface area contributed by atoms with E-state index in [1.165, 1.54) is 0 Å². The fourth-order valence-corrected chi connectivity index (χ4v) is 6.45. The summed E-state index contributed by atoms with van der Waals surface area (Å²) in [7, 11) is 3.31. The molecule has 2 aromatic heterocycles. The van der Waals surface area contributed by atoms with Crippen LogP contribution in [-0.4, -0.2) is 208 Å². The molecule has 0 saturated carbocycles. The number of carbonyl (C=O) groups excluding carboxylic acids is 2. The molecule has 0 aliphatic carbocycles. The lowest BCUT2D eigenvalue weighted by Gasteiger charge is -2.28. The Hall–Kier alpha value is -4.94. The number of benzene rings is 3. The molecular formula is C40H54N8O12. The van der Waals surface area contributed by atoms with Crippen molar-refractivity contribution in [2.24, 2.45) is 0 Å². The van der Waals surface area contributed by atoms with Crippen molar-refractivity contribution >= 4 is 33.9 Å². The van der Waals surface area contributed by atoms with E-state index in [0.717, 1.165) is 11.1 Å². The SMILES string of the molecule is CN(CCNC(=O)c1ccc2nc(-c3ccc(-c4nc5ccc(C(=O)NCCN(C)CC(O)C(O)C(O)C(O)CO)cc5[nH]4)cc3)[nH]c2c1)CC(O)C(O)C(O)C(O)CO. The number of H-pyrrole nitrogens is 2. The summed E-state index contributed by atoms with van der Waals surface area (Å²) in [4.78, 5) is 45.0. The van der Waals surface area contributed by atoms with Crippen LogP contribution in [-0.2, 0) is 0 Å². The van der Waals surface area contributed by atoms with E-state index >= 15 is 0 Å². The summed E-state index contributed by atoms with van der Waals surface area (Å²) in [6.45, 7) is -0.595. The van der Waals surface area contributed by atoms with Crippen molar-refractivity contribution in [2.75, 3.05) is 66.6 Å². The highest BCUT2D eigenvalue weighted by Crippen LogP contribution is 2.26. The first-order valence-corrected chi connectivity index (χ1v) is 19.3. The first-order valence-electron chi connectivity index (χ1n) is 19.3. The van der Waals surface area contributed by atoms with E-state index in [1.807, 2.05) is 24.3 Å². The van der Waals surface area contributed by atoms with Gasteiger partial charge in [0.05, 0.1) is 47.5 Å². The van der Waals surface area contributed by atoms with E-state index in [-0.39, 0.29) is 38.0 Å². The van der Waals surface area contributed by atoms with Crippen LogP contribution in [0.5, 0.6) is 0 Å². The fraction of sp³-hybridized carbons (Fsp3) is 0.450. The highest BCUT2D eigenvalue weighted by atomic mass is 16.4. The van der Waals surface area contributed by atoms with Crippen LogP contribution in [0.15, 0.2) is 60.7 Å². The van der Waals surface area contributed by atoms with Crippen LogP contribution in [0.25, 0.3) is 44.8 Å².